The molecule has 1 aromatic heterocycles. The molecule has 1 aliphatic rings. The number of hydrogen-bond acceptors (Lipinski definition) is 6. The van der Waals surface area contributed by atoms with Crippen molar-refractivity contribution in [1.82, 2.24) is 9.97 Å². The Balaban J connectivity index is 2.29. The van der Waals surface area contributed by atoms with Gasteiger partial charge in [-0.1, -0.05) is 13.3 Å². The molecular formula is C11H18N4O2S. The van der Waals surface area contributed by atoms with E-state index in [0.717, 1.165) is 18.5 Å². The van der Waals surface area contributed by atoms with E-state index in [1.165, 1.54) is 0 Å². The van der Waals surface area contributed by atoms with Gasteiger partial charge in [0.1, 0.15) is 11.6 Å². The van der Waals surface area contributed by atoms with Gasteiger partial charge in [-0.2, -0.15) is 0 Å². The Morgan fingerprint density at radius 1 is 1.50 bits per heavy atom. The van der Waals surface area contributed by atoms with Gasteiger partial charge in [0.25, 0.3) is 0 Å². The van der Waals surface area contributed by atoms with Crippen molar-refractivity contribution in [2.24, 2.45) is 5.84 Å². The molecule has 7 heteroatoms. The number of nitrogens with one attached hydrogen (secondary N) is 1. The standard InChI is InChI=1S/C11H18N4O2S/c1-2-3-9-6-10(15-12)14-11(13-9)8-4-5-18(16,17)7-8/h6,8H,2-5,7,12H2,1H3,(H,13,14,15). The zero-order chi connectivity index (χ0) is 13.2. The summed E-state index contributed by atoms with van der Waals surface area (Å²) in [6.07, 6.45) is 2.41. The van der Waals surface area contributed by atoms with Crippen LogP contribution in [-0.4, -0.2) is 29.9 Å². The molecule has 2 heterocycles. The van der Waals surface area contributed by atoms with Crippen LogP contribution in [0, 0.1) is 0 Å². The second kappa shape index (κ2) is 5.19. The number of rotatable bonds is 4. The number of sulfone groups is 1. The summed E-state index contributed by atoms with van der Waals surface area (Å²) in [6, 6.07) is 1.80. The first-order valence-electron chi connectivity index (χ1n) is 6.09. The summed E-state index contributed by atoms with van der Waals surface area (Å²) in [5, 5.41) is 0. The first-order chi connectivity index (χ1) is 8.54. The zero-order valence-corrected chi connectivity index (χ0v) is 11.2. The van der Waals surface area contributed by atoms with Gasteiger partial charge in [0, 0.05) is 17.7 Å². The molecule has 0 saturated carbocycles. The Labute approximate surface area is 107 Å². The molecule has 1 aromatic rings. The molecule has 100 valence electrons. The molecule has 1 saturated heterocycles. The topological polar surface area (TPSA) is 98.0 Å². The average Bonchev–Trinajstić information content (AvgIpc) is 2.70. The van der Waals surface area contributed by atoms with Crippen molar-refractivity contribution in [3.05, 3.63) is 17.6 Å². The van der Waals surface area contributed by atoms with Crippen LogP contribution in [0.4, 0.5) is 5.82 Å². The number of nitrogen functional groups attached to an aromatic ring is 1. The SMILES string of the molecule is CCCc1cc(NN)nc(C2CCS(=O)(=O)C2)n1. The molecule has 1 atom stereocenters. The van der Waals surface area contributed by atoms with Crippen molar-refractivity contribution >= 4 is 15.7 Å². The molecule has 18 heavy (non-hydrogen) atoms. The molecule has 0 aromatic carbocycles. The van der Waals surface area contributed by atoms with E-state index < -0.39 is 9.84 Å². The first kappa shape index (κ1) is 13.2. The highest BCUT2D eigenvalue weighted by Gasteiger charge is 2.31. The van der Waals surface area contributed by atoms with Gasteiger partial charge in [0.05, 0.1) is 11.5 Å². The lowest BCUT2D eigenvalue weighted by atomic mass is 10.1. The lowest BCUT2D eigenvalue weighted by Crippen LogP contribution is -2.14. The van der Waals surface area contributed by atoms with Crippen molar-refractivity contribution in [2.45, 2.75) is 32.1 Å². The van der Waals surface area contributed by atoms with Gasteiger partial charge >= 0.3 is 0 Å². The molecule has 3 N–H and O–H groups in total. The van der Waals surface area contributed by atoms with Crippen molar-refractivity contribution in [3.63, 3.8) is 0 Å². The van der Waals surface area contributed by atoms with Crippen LogP contribution in [0.2, 0.25) is 0 Å². The Hall–Kier alpha value is -1.21. The molecule has 1 unspecified atom stereocenters. The zero-order valence-electron chi connectivity index (χ0n) is 10.4. The molecule has 1 aliphatic heterocycles. The normalized spacial score (nSPS) is 22.0. The fourth-order valence-electron chi connectivity index (χ4n) is 2.16. The summed E-state index contributed by atoms with van der Waals surface area (Å²) >= 11 is 0. The van der Waals surface area contributed by atoms with Gasteiger partial charge in [-0.15, -0.1) is 0 Å². The van der Waals surface area contributed by atoms with Crippen LogP contribution in [0.3, 0.4) is 0 Å². The summed E-state index contributed by atoms with van der Waals surface area (Å²) in [5.74, 6) is 6.79. The predicted molar refractivity (Wildman–Crippen MR) is 69.8 cm³/mol. The summed E-state index contributed by atoms with van der Waals surface area (Å²) in [5.41, 5.74) is 3.41. The minimum absolute atomic E-state index is 0.0982. The number of hydrogen-bond donors (Lipinski definition) is 2. The number of anilines is 1. The van der Waals surface area contributed by atoms with Crippen LogP contribution in [0.1, 0.15) is 37.2 Å². The van der Waals surface area contributed by atoms with E-state index in [1.807, 2.05) is 0 Å². The quantitative estimate of drug-likeness (QED) is 0.614. The maximum atomic E-state index is 11.5. The molecule has 0 bridgehead atoms. The van der Waals surface area contributed by atoms with E-state index in [9.17, 15) is 8.42 Å². The number of aromatic nitrogens is 2. The molecule has 6 nitrogen and oxygen atoms in total. The molecule has 2 rings (SSSR count). The van der Waals surface area contributed by atoms with E-state index in [2.05, 4.69) is 22.3 Å². The second-order valence-electron chi connectivity index (χ2n) is 4.60. The number of nitrogens with zero attached hydrogens (tertiary/aromatic N) is 2. The van der Waals surface area contributed by atoms with Gasteiger partial charge in [0.2, 0.25) is 0 Å². The van der Waals surface area contributed by atoms with Crippen molar-refractivity contribution in [3.8, 4) is 0 Å². The Morgan fingerprint density at radius 2 is 2.28 bits per heavy atom. The number of hydrazine groups is 1. The summed E-state index contributed by atoms with van der Waals surface area (Å²) in [7, 11) is -2.92. The summed E-state index contributed by atoms with van der Waals surface area (Å²) in [4.78, 5) is 8.72. The van der Waals surface area contributed by atoms with Gasteiger partial charge in [-0.3, -0.25) is 0 Å². The highest BCUT2D eigenvalue weighted by atomic mass is 32.2. The second-order valence-corrected chi connectivity index (χ2v) is 6.83. The van der Waals surface area contributed by atoms with E-state index in [0.29, 0.717) is 18.1 Å². The van der Waals surface area contributed by atoms with E-state index in [-0.39, 0.29) is 17.4 Å². The fraction of sp³-hybridized carbons (Fsp3) is 0.636. The Bertz CT molecular complexity index is 530. The Kier molecular flexibility index (Phi) is 3.82. The van der Waals surface area contributed by atoms with Gasteiger partial charge in [-0.25, -0.2) is 24.2 Å². The fourth-order valence-corrected chi connectivity index (χ4v) is 3.90. The molecule has 0 amide bonds. The smallest absolute Gasteiger partial charge is 0.151 e. The molecule has 0 spiro atoms. The number of aryl methyl sites for hydroxylation is 1. The highest BCUT2D eigenvalue weighted by Crippen LogP contribution is 2.27. The summed E-state index contributed by atoms with van der Waals surface area (Å²) < 4.78 is 23.0. The third-order valence-electron chi connectivity index (χ3n) is 3.05. The van der Waals surface area contributed by atoms with Crippen LogP contribution >= 0.6 is 0 Å². The summed E-state index contributed by atoms with van der Waals surface area (Å²) in [6.45, 7) is 2.07. The van der Waals surface area contributed by atoms with Gasteiger partial charge in [0.15, 0.2) is 9.84 Å². The minimum atomic E-state index is -2.92. The molecule has 0 radical (unpaired) electrons. The first-order valence-corrected chi connectivity index (χ1v) is 7.91. The third-order valence-corrected chi connectivity index (χ3v) is 4.82. The maximum absolute atomic E-state index is 11.5. The van der Waals surface area contributed by atoms with Crippen molar-refractivity contribution < 1.29 is 8.42 Å². The van der Waals surface area contributed by atoms with Gasteiger partial charge in [-0.05, 0) is 12.8 Å². The van der Waals surface area contributed by atoms with Crippen molar-refractivity contribution in [2.75, 3.05) is 16.9 Å². The monoisotopic (exact) mass is 270 g/mol. The van der Waals surface area contributed by atoms with E-state index >= 15 is 0 Å². The largest absolute Gasteiger partial charge is 0.308 e. The Morgan fingerprint density at radius 3 is 2.83 bits per heavy atom. The third kappa shape index (κ3) is 2.97. The van der Waals surface area contributed by atoms with E-state index in [1.54, 1.807) is 6.07 Å². The minimum Gasteiger partial charge on any atom is -0.308 e. The average molecular weight is 270 g/mol. The van der Waals surface area contributed by atoms with Gasteiger partial charge < -0.3 is 5.43 Å². The van der Waals surface area contributed by atoms with Crippen LogP contribution in [0.25, 0.3) is 0 Å². The number of nitrogens with two attached hydrogens (primary N) is 1. The maximum Gasteiger partial charge on any atom is 0.151 e. The van der Waals surface area contributed by atoms with Crippen LogP contribution in [0.5, 0.6) is 0 Å². The lowest BCUT2D eigenvalue weighted by molar-refractivity contribution is 0.601. The molecule has 1 fully saturated rings. The molecule has 0 aliphatic carbocycles. The van der Waals surface area contributed by atoms with Crippen LogP contribution < -0.4 is 11.3 Å². The van der Waals surface area contributed by atoms with Crippen LogP contribution in [-0.2, 0) is 16.3 Å². The highest BCUT2D eigenvalue weighted by molar-refractivity contribution is 7.91. The van der Waals surface area contributed by atoms with Crippen molar-refractivity contribution in [1.29, 1.82) is 0 Å². The van der Waals surface area contributed by atoms with E-state index in [4.69, 9.17) is 5.84 Å². The van der Waals surface area contributed by atoms with Crippen LogP contribution in [0.15, 0.2) is 6.07 Å². The molecular weight excluding hydrogens is 252 g/mol. The lowest BCUT2D eigenvalue weighted by Gasteiger charge is -2.10. The predicted octanol–water partition coefficient (Wildman–Crippen LogP) is 0.617.